The van der Waals surface area contributed by atoms with Gasteiger partial charge in [0, 0.05) is 17.5 Å². The molecule has 1 amide bonds. The Morgan fingerprint density at radius 3 is 2.61 bits per heavy atom. The summed E-state index contributed by atoms with van der Waals surface area (Å²) in [6, 6.07) is 2.74. The van der Waals surface area contributed by atoms with Gasteiger partial charge < -0.3 is 15.4 Å². The van der Waals surface area contributed by atoms with E-state index in [0.29, 0.717) is 12.3 Å². The Bertz CT molecular complexity index is 468. The summed E-state index contributed by atoms with van der Waals surface area (Å²) in [5.41, 5.74) is -0.193. The predicted molar refractivity (Wildman–Crippen MR) is 68.9 cm³/mol. The summed E-state index contributed by atoms with van der Waals surface area (Å²) in [5.74, 6) is -0.0309. The molecule has 1 aromatic heterocycles. The highest BCUT2D eigenvalue weighted by Gasteiger charge is 2.25. The van der Waals surface area contributed by atoms with Crippen molar-refractivity contribution in [3.63, 3.8) is 0 Å². The SMILES string of the molecule is Cn1c(C(=O)NC(C)(C)CCCl)ccc1[N+](=O)[O-]. The van der Waals surface area contributed by atoms with Crippen molar-refractivity contribution in [1.82, 2.24) is 9.88 Å². The lowest BCUT2D eigenvalue weighted by molar-refractivity contribution is -0.391. The second-order valence-corrected chi connectivity index (χ2v) is 5.05. The van der Waals surface area contributed by atoms with Crippen LogP contribution in [0.15, 0.2) is 12.1 Å². The lowest BCUT2D eigenvalue weighted by atomic mass is 10.0. The van der Waals surface area contributed by atoms with E-state index in [1.165, 1.54) is 23.7 Å². The molecule has 1 N–H and O–H groups in total. The summed E-state index contributed by atoms with van der Waals surface area (Å²) in [4.78, 5) is 22.1. The second-order valence-electron chi connectivity index (χ2n) is 4.67. The van der Waals surface area contributed by atoms with Crippen LogP contribution in [0.4, 0.5) is 5.82 Å². The number of nitro groups is 1. The zero-order valence-corrected chi connectivity index (χ0v) is 11.3. The van der Waals surface area contributed by atoms with E-state index in [4.69, 9.17) is 11.6 Å². The van der Waals surface area contributed by atoms with Gasteiger partial charge in [0.25, 0.3) is 5.91 Å². The van der Waals surface area contributed by atoms with Crippen molar-refractivity contribution < 1.29 is 9.72 Å². The number of carbonyl (C=O) groups excluding carboxylic acids is 1. The van der Waals surface area contributed by atoms with E-state index in [9.17, 15) is 14.9 Å². The number of alkyl halides is 1. The van der Waals surface area contributed by atoms with Gasteiger partial charge in [0.2, 0.25) is 0 Å². The molecule has 0 aliphatic carbocycles. The first-order valence-electron chi connectivity index (χ1n) is 5.47. The first-order valence-corrected chi connectivity index (χ1v) is 6.00. The molecule has 0 aromatic carbocycles. The van der Waals surface area contributed by atoms with E-state index in [1.807, 2.05) is 13.8 Å². The Labute approximate surface area is 110 Å². The van der Waals surface area contributed by atoms with Crippen LogP contribution in [-0.4, -0.2) is 26.8 Å². The largest absolute Gasteiger partial charge is 0.358 e. The molecule has 0 spiro atoms. The fraction of sp³-hybridized carbons (Fsp3) is 0.545. The van der Waals surface area contributed by atoms with Gasteiger partial charge in [-0.25, -0.2) is 4.57 Å². The Morgan fingerprint density at radius 2 is 2.17 bits per heavy atom. The van der Waals surface area contributed by atoms with Crippen molar-refractivity contribution >= 4 is 23.3 Å². The number of halogens is 1. The highest BCUT2D eigenvalue weighted by molar-refractivity contribution is 6.17. The third kappa shape index (κ3) is 3.22. The fourth-order valence-corrected chi connectivity index (χ4v) is 2.05. The summed E-state index contributed by atoms with van der Waals surface area (Å²) in [6.07, 6.45) is 0.618. The molecule has 0 atom stereocenters. The lowest BCUT2D eigenvalue weighted by Gasteiger charge is -2.24. The minimum Gasteiger partial charge on any atom is -0.358 e. The minimum absolute atomic E-state index is 0.115. The number of nitrogens with zero attached hydrogens (tertiary/aromatic N) is 2. The van der Waals surface area contributed by atoms with Gasteiger partial charge in [-0.3, -0.25) is 4.79 Å². The van der Waals surface area contributed by atoms with Crippen LogP contribution in [-0.2, 0) is 7.05 Å². The first-order chi connectivity index (χ1) is 8.28. The normalized spacial score (nSPS) is 11.3. The van der Waals surface area contributed by atoms with Crippen molar-refractivity contribution in [3.8, 4) is 0 Å². The molecule has 0 aliphatic rings. The van der Waals surface area contributed by atoms with Crippen LogP contribution in [0.2, 0.25) is 0 Å². The van der Waals surface area contributed by atoms with Crippen LogP contribution >= 0.6 is 11.6 Å². The molecule has 6 nitrogen and oxygen atoms in total. The van der Waals surface area contributed by atoms with Gasteiger partial charge in [0.1, 0.15) is 0 Å². The molecular weight excluding hydrogens is 258 g/mol. The number of rotatable bonds is 5. The standard InChI is InChI=1S/C11H16ClN3O3/c1-11(2,6-7-12)13-10(16)8-4-5-9(14(8)3)15(17)18/h4-5H,6-7H2,1-3H3,(H,13,16). The van der Waals surface area contributed by atoms with Gasteiger partial charge in [-0.05, 0) is 31.3 Å². The molecule has 1 heterocycles. The molecule has 7 heteroatoms. The van der Waals surface area contributed by atoms with E-state index in [2.05, 4.69) is 5.32 Å². The van der Waals surface area contributed by atoms with Crippen molar-refractivity contribution in [2.75, 3.05) is 5.88 Å². The van der Waals surface area contributed by atoms with Gasteiger partial charge >= 0.3 is 5.82 Å². The average molecular weight is 274 g/mol. The van der Waals surface area contributed by atoms with Crippen LogP contribution < -0.4 is 5.32 Å². The average Bonchev–Trinajstić information content (AvgIpc) is 2.58. The number of hydrogen-bond acceptors (Lipinski definition) is 3. The van der Waals surface area contributed by atoms with Crippen molar-refractivity contribution in [2.45, 2.75) is 25.8 Å². The molecule has 0 bridgehead atoms. The topological polar surface area (TPSA) is 77.2 Å². The molecule has 0 fully saturated rings. The van der Waals surface area contributed by atoms with Gasteiger partial charge in [-0.2, -0.15) is 0 Å². The zero-order chi connectivity index (χ0) is 13.9. The third-order valence-corrected chi connectivity index (χ3v) is 2.88. The van der Waals surface area contributed by atoms with E-state index in [1.54, 1.807) is 0 Å². The molecule has 100 valence electrons. The zero-order valence-electron chi connectivity index (χ0n) is 10.6. The summed E-state index contributed by atoms with van der Waals surface area (Å²) >= 11 is 5.65. The molecule has 1 rings (SSSR count). The maximum atomic E-state index is 12.0. The molecule has 0 saturated carbocycles. The van der Waals surface area contributed by atoms with Crippen LogP contribution in [0, 0.1) is 10.1 Å². The van der Waals surface area contributed by atoms with Crippen LogP contribution in [0.5, 0.6) is 0 Å². The van der Waals surface area contributed by atoms with E-state index in [0.717, 1.165) is 0 Å². The molecule has 0 radical (unpaired) electrons. The van der Waals surface area contributed by atoms with Gasteiger partial charge in [0.05, 0.1) is 7.05 Å². The molecule has 0 unspecified atom stereocenters. The van der Waals surface area contributed by atoms with Gasteiger partial charge in [-0.1, -0.05) is 0 Å². The Hall–Kier alpha value is -1.56. The maximum Gasteiger partial charge on any atom is 0.323 e. The predicted octanol–water partition coefficient (Wildman–Crippen LogP) is 2.07. The molecule has 0 aliphatic heterocycles. The Kier molecular flexibility index (Phi) is 4.34. The van der Waals surface area contributed by atoms with Crippen molar-refractivity contribution in [1.29, 1.82) is 0 Å². The summed E-state index contributed by atoms with van der Waals surface area (Å²) in [5, 5.41) is 13.5. The van der Waals surface area contributed by atoms with Crippen LogP contribution in [0.1, 0.15) is 30.8 Å². The number of hydrogen-bond donors (Lipinski definition) is 1. The Balaban J connectivity index is 2.89. The smallest absolute Gasteiger partial charge is 0.323 e. The monoisotopic (exact) mass is 273 g/mol. The Morgan fingerprint density at radius 1 is 1.56 bits per heavy atom. The third-order valence-electron chi connectivity index (χ3n) is 2.69. The highest BCUT2D eigenvalue weighted by Crippen LogP contribution is 2.17. The number of carbonyl (C=O) groups is 1. The lowest BCUT2D eigenvalue weighted by Crippen LogP contribution is -2.44. The quantitative estimate of drug-likeness (QED) is 0.507. The molecular formula is C11H16ClN3O3. The van der Waals surface area contributed by atoms with Crippen molar-refractivity contribution in [2.24, 2.45) is 7.05 Å². The fourth-order valence-electron chi connectivity index (χ4n) is 1.58. The van der Waals surface area contributed by atoms with E-state index >= 15 is 0 Å². The number of amides is 1. The minimum atomic E-state index is -0.527. The van der Waals surface area contributed by atoms with Gasteiger partial charge in [0.15, 0.2) is 5.69 Å². The highest BCUT2D eigenvalue weighted by atomic mass is 35.5. The second kappa shape index (κ2) is 5.39. The van der Waals surface area contributed by atoms with Gasteiger partial charge in [-0.15, -0.1) is 11.6 Å². The maximum absolute atomic E-state index is 12.0. The molecule has 1 aromatic rings. The van der Waals surface area contributed by atoms with Crippen LogP contribution in [0.3, 0.4) is 0 Å². The number of nitrogens with one attached hydrogen (secondary N) is 1. The van der Waals surface area contributed by atoms with Crippen LogP contribution in [0.25, 0.3) is 0 Å². The number of aromatic nitrogens is 1. The molecule has 18 heavy (non-hydrogen) atoms. The summed E-state index contributed by atoms with van der Waals surface area (Å²) < 4.78 is 1.26. The summed E-state index contributed by atoms with van der Waals surface area (Å²) in [7, 11) is 1.49. The summed E-state index contributed by atoms with van der Waals surface area (Å²) in [6.45, 7) is 3.70. The molecule has 0 saturated heterocycles. The van der Waals surface area contributed by atoms with E-state index < -0.39 is 10.5 Å². The first kappa shape index (κ1) is 14.5. The van der Waals surface area contributed by atoms with E-state index in [-0.39, 0.29) is 17.4 Å². The van der Waals surface area contributed by atoms with Crippen molar-refractivity contribution in [3.05, 3.63) is 27.9 Å².